The Bertz CT molecular complexity index is 267. The number of hydrogen-bond donors (Lipinski definition) is 3. The predicted molar refractivity (Wildman–Crippen MR) is 63.8 cm³/mol. The third-order valence-corrected chi connectivity index (χ3v) is 2.59. The van der Waals surface area contributed by atoms with Crippen LogP contribution < -0.4 is 0 Å². The molecule has 0 aromatic heterocycles. The maximum Gasteiger partial charge on any atom is 0.184 e. The van der Waals surface area contributed by atoms with Crippen molar-refractivity contribution in [2.45, 2.75) is 30.7 Å². The molecular weight excluding hydrogens is 240 g/mol. The molecule has 3 N–H and O–H groups in total. The van der Waals surface area contributed by atoms with Crippen LogP contribution in [0, 0.1) is 0 Å². The first kappa shape index (κ1) is 15.3. The standard InChI is InChI=1S/C12H20O6/c1-3-5-16-7-8-9(13)10(14)11(12(15)18-8)17-6-4-2/h3-4,8-15H,1-2,5-7H2/t8-,9+,10+,11-,12-/m1/s1. The number of rotatable bonds is 7. The van der Waals surface area contributed by atoms with Crippen molar-refractivity contribution in [3.63, 3.8) is 0 Å². The van der Waals surface area contributed by atoms with Gasteiger partial charge in [-0.3, -0.25) is 0 Å². The minimum atomic E-state index is -1.32. The molecule has 0 radical (unpaired) electrons. The van der Waals surface area contributed by atoms with E-state index in [2.05, 4.69) is 13.2 Å². The maximum atomic E-state index is 9.84. The van der Waals surface area contributed by atoms with Gasteiger partial charge < -0.3 is 29.5 Å². The molecule has 1 aliphatic rings. The lowest BCUT2D eigenvalue weighted by Crippen LogP contribution is -2.59. The zero-order valence-corrected chi connectivity index (χ0v) is 10.1. The highest BCUT2D eigenvalue weighted by atomic mass is 16.7. The smallest absolute Gasteiger partial charge is 0.184 e. The Morgan fingerprint density at radius 2 is 1.72 bits per heavy atom. The monoisotopic (exact) mass is 260 g/mol. The fraction of sp³-hybridized carbons (Fsp3) is 0.667. The summed E-state index contributed by atoms with van der Waals surface area (Å²) in [6, 6.07) is 0. The SMILES string of the molecule is C=CCOC[C@H]1O[C@@H](O)[C@H](OCC=C)[C@@H](O)[C@H]1O. The Morgan fingerprint density at radius 3 is 2.33 bits per heavy atom. The number of hydrogen-bond acceptors (Lipinski definition) is 6. The second-order valence-corrected chi connectivity index (χ2v) is 3.96. The molecule has 0 spiro atoms. The van der Waals surface area contributed by atoms with Crippen LogP contribution in [-0.2, 0) is 14.2 Å². The Balaban J connectivity index is 2.52. The summed E-state index contributed by atoms with van der Waals surface area (Å²) in [6.07, 6.45) is -2.53. The molecule has 18 heavy (non-hydrogen) atoms. The molecule has 0 aliphatic carbocycles. The number of ether oxygens (including phenoxy) is 3. The van der Waals surface area contributed by atoms with Crippen molar-refractivity contribution in [3.8, 4) is 0 Å². The Morgan fingerprint density at radius 1 is 1.06 bits per heavy atom. The van der Waals surface area contributed by atoms with Crippen LogP contribution in [0.25, 0.3) is 0 Å². The van der Waals surface area contributed by atoms with E-state index in [1.54, 1.807) is 6.08 Å². The van der Waals surface area contributed by atoms with Gasteiger partial charge >= 0.3 is 0 Å². The van der Waals surface area contributed by atoms with Crippen LogP contribution in [0.4, 0.5) is 0 Å². The van der Waals surface area contributed by atoms with Crippen LogP contribution in [0.15, 0.2) is 25.3 Å². The lowest BCUT2D eigenvalue weighted by Gasteiger charge is -2.40. The summed E-state index contributed by atoms with van der Waals surface area (Å²) in [5.74, 6) is 0. The molecule has 0 amide bonds. The van der Waals surface area contributed by atoms with E-state index < -0.39 is 30.7 Å². The van der Waals surface area contributed by atoms with Gasteiger partial charge in [0.1, 0.15) is 24.4 Å². The highest BCUT2D eigenvalue weighted by Crippen LogP contribution is 2.22. The van der Waals surface area contributed by atoms with Gasteiger partial charge in [-0.05, 0) is 0 Å². The van der Waals surface area contributed by atoms with Crippen molar-refractivity contribution in [3.05, 3.63) is 25.3 Å². The molecule has 104 valence electrons. The number of aliphatic hydroxyl groups is 3. The van der Waals surface area contributed by atoms with E-state index in [9.17, 15) is 15.3 Å². The molecular formula is C12H20O6. The highest BCUT2D eigenvalue weighted by Gasteiger charge is 2.44. The van der Waals surface area contributed by atoms with Gasteiger partial charge in [0, 0.05) is 0 Å². The average Bonchev–Trinajstić information content (AvgIpc) is 2.35. The summed E-state index contributed by atoms with van der Waals surface area (Å²) < 4.78 is 15.4. The molecule has 0 aromatic carbocycles. The quantitative estimate of drug-likeness (QED) is 0.410. The van der Waals surface area contributed by atoms with Gasteiger partial charge in [0.2, 0.25) is 0 Å². The summed E-state index contributed by atoms with van der Waals surface area (Å²) in [5.41, 5.74) is 0. The minimum absolute atomic E-state index is 0.0511. The van der Waals surface area contributed by atoms with E-state index in [-0.39, 0.29) is 13.2 Å². The van der Waals surface area contributed by atoms with Crippen LogP contribution in [0.3, 0.4) is 0 Å². The molecule has 0 saturated carbocycles. The lowest BCUT2D eigenvalue weighted by atomic mass is 9.99. The molecule has 1 aliphatic heterocycles. The third kappa shape index (κ3) is 3.88. The fourth-order valence-corrected chi connectivity index (χ4v) is 1.69. The van der Waals surface area contributed by atoms with Gasteiger partial charge in [-0.1, -0.05) is 12.2 Å². The van der Waals surface area contributed by atoms with Crippen molar-refractivity contribution in [2.75, 3.05) is 19.8 Å². The van der Waals surface area contributed by atoms with Crippen LogP contribution in [0.2, 0.25) is 0 Å². The molecule has 1 fully saturated rings. The van der Waals surface area contributed by atoms with E-state index >= 15 is 0 Å². The first-order valence-electron chi connectivity index (χ1n) is 5.72. The lowest BCUT2D eigenvalue weighted by molar-refractivity contribution is -0.296. The van der Waals surface area contributed by atoms with E-state index in [0.717, 1.165) is 0 Å². The molecule has 6 heteroatoms. The topological polar surface area (TPSA) is 88.4 Å². The maximum absolute atomic E-state index is 9.84. The summed E-state index contributed by atoms with van der Waals surface area (Å²) in [7, 11) is 0. The zero-order valence-electron chi connectivity index (χ0n) is 10.1. The van der Waals surface area contributed by atoms with Crippen LogP contribution >= 0.6 is 0 Å². The van der Waals surface area contributed by atoms with Gasteiger partial charge in [-0.15, -0.1) is 13.2 Å². The normalized spacial score (nSPS) is 36.3. The van der Waals surface area contributed by atoms with Gasteiger partial charge in [0.15, 0.2) is 6.29 Å². The first-order valence-corrected chi connectivity index (χ1v) is 5.72. The summed E-state index contributed by atoms with van der Waals surface area (Å²) in [5, 5.41) is 29.3. The van der Waals surface area contributed by atoms with Crippen molar-refractivity contribution in [1.82, 2.24) is 0 Å². The molecule has 1 heterocycles. The van der Waals surface area contributed by atoms with Gasteiger partial charge in [-0.2, -0.15) is 0 Å². The molecule has 5 atom stereocenters. The van der Waals surface area contributed by atoms with Gasteiger partial charge in [-0.25, -0.2) is 0 Å². The van der Waals surface area contributed by atoms with Crippen molar-refractivity contribution in [2.24, 2.45) is 0 Å². The first-order chi connectivity index (χ1) is 8.61. The molecule has 1 saturated heterocycles. The van der Waals surface area contributed by atoms with Gasteiger partial charge in [0.05, 0.1) is 19.8 Å². The van der Waals surface area contributed by atoms with Crippen LogP contribution in [0.1, 0.15) is 0 Å². The molecule has 0 aromatic rings. The van der Waals surface area contributed by atoms with Crippen LogP contribution in [0.5, 0.6) is 0 Å². The van der Waals surface area contributed by atoms with E-state index in [4.69, 9.17) is 14.2 Å². The van der Waals surface area contributed by atoms with E-state index in [1.807, 2.05) is 0 Å². The Labute approximate surface area is 106 Å². The molecule has 0 bridgehead atoms. The third-order valence-electron chi connectivity index (χ3n) is 2.59. The van der Waals surface area contributed by atoms with E-state index in [0.29, 0.717) is 6.61 Å². The van der Waals surface area contributed by atoms with E-state index in [1.165, 1.54) is 6.08 Å². The highest BCUT2D eigenvalue weighted by molar-refractivity contribution is 4.90. The largest absolute Gasteiger partial charge is 0.387 e. The van der Waals surface area contributed by atoms with Crippen LogP contribution in [-0.4, -0.2) is 65.8 Å². The average molecular weight is 260 g/mol. The fourth-order valence-electron chi connectivity index (χ4n) is 1.69. The van der Waals surface area contributed by atoms with Gasteiger partial charge in [0.25, 0.3) is 0 Å². The summed E-state index contributed by atoms with van der Waals surface area (Å²) >= 11 is 0. The second-order valence-electron chi connectivity index (χ2n) is 3.96. The predicted octanol–water partition coefficient (Wildman–Crippen LogP) is -0.801. The molecule has 0 unspecified atom stereocenters. The van der Waals surface area contributed by atoms with Crippen molar-refractivity contribution in [1.29, 1.82) is 0 Å². The minimum Gasteiger partial charge on any atom is -0.387 e. The van der Waals surface area contributed by atoms with Crippen molar-refractivity contribution < 1.29 is 29.5 Å². The second kappa shape index (κ2) is 7.63. The summed E-state index contributed by atoms with van der Waals surface area (Å²) in [4.78, 5) is 0. The Kier molecular flexibility index (Phi) is 6.48. The van der Waals surface area contributed by atoms with Crippen molar-refractivity contribution >= 4 is 0 Å². The zero-order chi connectivity index (χ0) is 13.5. The summed E-state index contributed by atoms with van der Waals surface area (Å²) in [6.45, 7) is 7.44. The Hall–Kier alpha value is -0.760. The number of aliphatic hydroxyl groups excluding tert-OH is 3. The molecule has 1 rings (SSSR count). The molecule has 6 nitrogen and oxygen atoms in total.